The van der Waals surface area contributed by atoms with E-state index in [1.165, 1.54) is 4.90 Å². The van der Waals surface area contributed by atoms with Crippen LogP contribution in [0.25, 0.3) is 0 Å². The number of nitrogens with zero attached hydrogens (tertiary/aromatic N) is 1. The van der Waals surface area contributed by atoms with Crippen LogP contribution in [-0.4, -0.2) is 29.4 Å². The summed E-state index contributed by atoms with van der Waals surface area (Å²) in [5.41, 5.74) is 1.55. The molecule has 2 amide bonds. The summed E-state index contributed by atoms with van der Waals surface area (Å²) >= 11 is 0. The Hall–Kier alpha value is -2.86. The molecule has 0 saturated carbocycles. The standard InChI is InChI=1S/C18H18N2O4/c21-16-18(23,11-12-20(16)15-9-5-2-6-10-15)24-17(22)19-13-14-7-3-1-4-8-14/h1-10,23H,11-13H2,(H,19,22)/t18-/m0/s1. The van der Waals surface area contributed by atoms with E-state index in [0.717, 1.165) is 5.56 Å². The summed E-state index contributed by atoms with van der Waals surface area (Å²) in [6.45, 7) is 0.539. The van der Waals surface area contributed by atoms with Crippen LogP contribution < -0.4 is 10.2 Å². The Balaban J connectivity index is 1.60. The highest BCUT2D eigenvalue weighted by Crippen LogP contribution is 2.29. The Morgan fingerprint density at radius 1 is 1.12 bits per heavy atom. The molecule has 1 heterocycles. The molecule has 0 bridgehead atoms. The second kappa shape index (κ2) is 6.72. The summed E-state index contributed by atoms with van der Waals surface area (Å²) in [6.07, 6.45) is -0.802. The van der Waals surface area contributed by atoms with Gasteiger partial charge in [0.05, 0.1) is 0 Å². The lowest BCUT2D eigenvalue weighted by molar-refractivity contribution is -0.175. The van der Waals surface area contributed by atoms with Crippen molar-refractivity contribution >= 4 is 17.7 Å². The number of carbonyl (C=O) groups excluding carboxylic acids is 2. The zero-order valence-corrected chi connectivity index (χ0v) is 13.0. The van der Waals surface area contributed by atoms with Gasteiger partial charge in [-0.05, 0) is 17.7 Å². The van der Waals surface area contributed by atoms with Crippen LogP contribution in [0.1, 0.15) is 12.0 Å². The van der Waals surface area contributed by atoms with Gasteiger partial charge in [0.2, 0.25) is 0 Å². The highest BCUT2D eigenvalue weighted by molar-refractivity contribution is 6.01. The summed E-state index contributed by atoms with van der Waals surface area (Å²) in [5, 5.41) is 12.9. The quantitative estimate of drug-likeness (QED) is 0.843. The molecule has 1 saturated heterocycles. The number of carbonyl (C=O) groups is 2. The zero-order valence-electron chi connectivity index (χ0n) is 13.0. The van der Waals surface area contributed by atoms with Crippen molar-refractivity contribution in [1.29, 1.82) is 0 Å². The van der Waals surface area contributed by atoms with Crippen molar-refractivity contribution < 1.29 is 19.4 Å². The van der Waals surface area contributed by atoms with Gasteiger partial charge in [0, 0.05) is 25.2 Å². The third kappa shape index (κ3) is 3.38. The van der Waals surface area contributed by atoms with E-state index in [9.17, 15) is 14.7 Å². The molecule has 0 aromatic heterocycles. The average Bonchev–Trinajstić information content (AvgIpc) is 2.90. The number of alkyl carbamates (subject to hydrolysis) is 1. The molecule has 6 nitrogen and oxygen atoms in total. The van der Waals surface area contributed by atoms with E-state index in [1.54, 1.807) is 24.3 Å². The van der Waals surface area contributed by atoms with Crippen LogP contribution in [0.3, 0.4) is 0 Å². The van der Waals surface area contributed by atoms with Gasteiger partial charge < -0.3 is 20.1 Å². The maximum atomic E-state index is 12.4. The van der Waals surface area contributed by atoms with E-state index in [2.05, 4.69) is 5.32 Å². The third-order valence-electron chi connectivity index (χ3n) is 3.86. The fourth-order valence-electron chi connectivity index (χ4n) is 2.59. The smallest absolute Gasteiger partial charge is 0.407 e. The summed E-state index contributed by atoms with van der Waals surface area (Å²) < 4.78 is 5.00. The molecule has 124 valence electrons. The SMILES string of the molecule is O=C(NCc1ccccc1)O[C@@]1(O)CCN(c2ccccc2)C1=O. The van der Waals surface area contributed by atoms with Gasteiger partial charge in [-0.15, -0.1) is 0 Å². The van der Waals surface area contributed by atoms with E-state index in [1.807, 2.05) is 36.4 Å². The second-order valence-corrected chi connectivity index (χ2v) is 5.56. The molecule has 0 aliphatic carbocycles. The lowest BCUT2D eigenvalue weighted by Gasteiger charge is -2.22. The number of benzene rings is 2. The van der Waals surface area contributed by atoms with Crippen LogP contribution in [0.5, 0.6) is 0 Å². The van der Waals surface area contributed by atoms with Crippen molar-refractivity contribution in [2.45, 2.75) is 18.8 Å². The minimum atomic E-state index is -2.13. The molecular weight excluding hydrogens is 308 g/mol. The Morgan fingerprint density at radius 3 is 2.42 bits per heavy atom. The summed E-state index contributed by atoms with van der Waals surface area (Å²) in [5.74, 6) is -2.76. The van der Waals surface area contributed by atoms with Gasteiger partial charge >= 0.3 is 6.09 Å². The molecule has 6 heteroatoms. The Morgan fingerprint density at radius 2 is 1.75 bits per heavy atom. The topological polar surface area (TPSA) is 78.9 Å². The van der Waals surface area contributed by atoms with Crippen LogP contribution in [0.15, 0.2) is 60.7 Å². The number of hydrogen-bond donors (Lipinski definition) is 2. The predicted octanol–water partition coefficient (Wildman–Crippen LogP) is 2.04. The number of rotatable bonds is 4. The van der Waals surface area contributed by atoms with Crippen LogP contribution in [0, 0.1) is 0 Å². The molecule has 0 spiro atoms. The van der Waals surface area contributed by atoms with E-state index >= 15 is 0 Å². The lowest BCUT2D eigenvalue weighted by Crippen LogP contribution is -2.46. The highest BCUT2D eigenvalue weighted by atomic mass is 16.7. The van der Waals surface area contributed by atoms with Crippen molar-refractivity contribution in [3.63, 3.8) is 0 Å². The summed E-state index contributed by atoms with van der Waals surface area (Å²) in [7, 11) is 0. The first-order chi connectivity index (χ1) is 11.6. The first-order valence-electron chi connectivity index (χ1n) is 7.69. The fraction of sp³-hybridized carbons (Fsp3) is 0.222. The Labute approximate surface area is 139 Å². The normalized spacial score (nSPS) is 20.0. The fourth-order valence-corrected chi connectivity index (χ4v) is 2.59. The molecule has 2 aromatic rings. The van der Waals surface area contributed by atoms with Crippen molar-refractivity contribution in [1.82, 2.24) is 5.32 Å². The summed E-state index contributed by atoms with van der Waals surface area (Å²) in [6, 6.07) is 18.3. The van der Waals surface area contributed by atoms with E-state index < -0.39 is 17.8 Å². The second-order valence-electron chi connectivity index (χ2n) is 5.56. The number of anilines is 1. The maximum absolute atomic E-state index is 12.4. The van der Waals surface area contributed by atoms with Crippen LogP contribution in [0.2, 0.25) is 0 Å². The molecule has 0 unspecified atom stereocenters. The van der Waals surface area contributed by atoms with E-state index in [-0.39, 0.29) is 19.5 Å². The largest absolute Gasteiger partial charge is 0.410 e. The maximum Gasteiger partial charge on any atom is 0.410 e. The van der Waals surface area contributed by atoms with Crippen LogP contribution in [-0.2, 0) is 16.1 Å². The van der Waals surface area contributed by atoms with Gasteiger partial charge in [0.1, 0.15) is 0 Å². The van der Waals surface area contributed by atoms with Gasteiger partial charge in [-0.1, -0.05) is 48.5 Å². The number of hydrogen-bond acceptors (Lipinski definition) is 4. The molecule has 1 fully saturated rings. The molecule has 0 radical (unpaired) electrons. The minimum absolute atomic E-state index is 0.0273. The van der Waals surface area contributed by atoms with Crippen LogP contribution in [0.4, 0.5) is 10.5 Å². The number of ether oxygens (including phenoxy) is 1. The van der Waals surface area contributed by atoms with Gasteiger partial charge in [-0.3, -0.25) is 4.79 Å². The third-order valence-corrected chi connectivity index (χ3v) is 3.86. The molecular formula is C18H18N2O4. The molecule has 2 N–H and O–H groups in total. The van der Waals surface area contributed by atoms with E-state index in [4.69, 9.17) is 4.74 Å². The number of aliphatic hydroxyl groups is 1. The molecule has 2 aromatic carbocycles. The van der Waals surface area contributed by atoms with Crippen molar-refractivity contribution in [3.8, 4) is 0 Å². The van der Waals surface area contributed by atoms with E-state index in [0.29, 0.717) is 5.69 Å². The molecule has 3 rings (SSSR count). The molecule has 1 aliphatic rings. The van der Waals surface area contributed by atoms with Crippen LogP contribution >= 0.6 is 0 Å². The monoisotopic (exact) mass is 326 g/mol. The highest BCUT2D eigenvalue weighted by Gasteiger charge is 2.49. The molecule has 1 aliphatic heterocycles. The first-order valence-corrected chi connectivity index (χ1v) is 7.69. The predicted molar refractivity (Wildman–Crippen MR) is 88.1 cm³/mol. The lowest BCUT2D eigenvalue weighted by atomic mass is 10.2. The number of nitrogens with one attached hydrogen (secondary N) is 1. The Kier molecular flexibility index (Phi) is 4.48. The Bertz CT molecular complexity index is 720. The van der Waals surface area contributed by atoms with Gasteiger partial charge in [0.15, 0.2) is 0 Å². The van der Waals surface area contributed by atoms with Crippen molar-refractivity contribution in [3.05, 3.63) is 66.2 Å². The van der Waals surface area contributed by atoms with Crippen molar-refractivity contribution in [2.75, 3.05) is 11.4 Å². The van der Waals surface area contributed by atoms with Gasteiger partial charge in [-0.2, -0.15) is 0 Å². The average molecular weight is 326 g/mol. The minimum Gasteiger partial charge on any atom is -0.407 e. The first kappa shape index (κ1) is 16.0. The van der Waals surface area contributed by atoms with Gasteiger partial charge in [-0.25, -0.2) is 4.79 Å². The summed E-state index contributed by atoms with van der Waals surface area (Å²) in [4.78, 5) is 25.7. The zero-order chi connectivity index (χ0) is 17.0. The van der Waals surface area contributed by atoms with Gasteiger partial charge in [0.25, 0.3) is 11.7 Å². The molecule has 24 heavy (non-hydrogen) atoms. The molecule has 1 atom stereocenters. The number of para-hydroxylation sites is 1. The number of amides is 2. The van der Waals surface area contributed by atoms with Crippen molar-refractivity contribution in [2.24, 2.45) is 0 Å².